The molecule has 0 aliphatic carbocycles. The Morgan fingerprint density at radius 1 is 0.368 bits per heavy atom. The smallest absolute Gasteiger partial charge is 0.339 e. The second-order valence-corrected chi connectivity index (χ2v) is 23.4. The van der Waals surface area contributed by atoms with Crippen molar-refractivity contribution in [3.8, 4) is 11.5 Å². The highest BCUT2D eigenvalue weighted by molar-refractivity contribution is 7.87. The molecule has 0 aliphatic rings. The van der Waals surface area contributed by atoms with Gasteiger partial charge in [-0.25, -0.2) is 0 Å². The molecule has 1 aromatic heterocycles. The summed E-state index contributed by atoms with van der Waals surface area (Å²) < 4.78 is 82.4. The number of nitrogens with zero attached hydrogens (tertiary/aromatic N) is 4. The standard InChI is InChI=1S/C62H56N4O8S2/c1-41-25-29-49(30-26-41)75(67,68)73-59-43-33-47(61(3,4)5)34-44(59)38-64-52-18-10-14-22-56(52)72-58-24-16-12-20-54(58)66-40-46-36-48(62(6,7)8)35-45(60(46)74-76(69,70)50-31-27-42(2)28-32-50)39-65-53-19-11-15-23-57(53)71-55-21-13-9-17-51(55)63-37-43/h9-40H,1-8H3. The van der Waals surface area contributed by atoms with Gasteiger partial charge in [0.15, 0.2) is 33.8 Å². The Hall–Kier alpha value is -8.46. The molecule has 384 valence electrons. The molecule has 9 rings (SSSR count). The van der Waals surface area contributed by atoms with Crippen molar-refractivity contribution < 1.29 is 34.0 Å². The van der Waals surface area contributed by atoms with E-state index < -0.39 is 31.1 Å². The predicted molar refractivity (Wildman–Crippen MR) is 302 cm³/mol. The summed E-state index contributed by atoms with van der Waals surface area (Å²) in [4.78, 5) is 19.7. The summed E-state index contributed by atoms with van der Waals surface area (Å²) in [6.45, 7) is 16.1. The molecule has 0 amide bonds. The highest BCUT2D eigenvalue weighted by atomic mass is 32.2. The molecule has 1 heterocycles. The number of hydrogen-bond acceptors (Lipinski definition) is 12. The van der Waals surface area contributed by atoms with E-state index in [0.29, 0.717) is 65.9 Å². The van der Waals surface area contributed by atoms with Gasteiger partial charge in [0.05, 0.1) is 0 Å². The van der Waals surface area contributed by atoms with Crippen molar-refractivity contribution in [3.63, 3.8) is 0 Å². The summed E-state index contributed by atoms with van der Waals surface area (Å²) in [6, 6.07) is 48.9. The maximum Gasteiger partial charge on any atom is 0.339 e. The zero-order valence-corrected chi connectivity index (χ0v) is 45.0. The van der Waals surface area contributed by atoms with Crippen LogP contribution in [-0.4, -0.2) is 36.8 Å². The minimum absolute atomic E-state index is 0.000429. The molecular weight excluding hydrogens is 993 g/mol. The first-order valence-electron chi connectivity index (χ1n) is 24.5. The molecular formula is C62H56N4O8S2. The van der Waals surface area contributed by atoms with E-state index in [0.717, 1.165) is 22.3 Å². The Labute approximate surface area is 442 Å². The van der Waals surface area contributed by atoms with Crippen molar-refractivity contribution >= 4 is 86.2 Å². The van der Waals surface area contributed by atoms with Crippen molar-refractivity contribution in [2.45, 2.75) is 76.0 Å². The van der Waals surface area contributed by atoms with Gasteiger partial charge in [-0.3, -0.25) is 19.9 Å². The van der Waals surface area contributed by atoms with Gasteiger partial charge >= 0.3 is 20.2 Å². The average Bonchev–Trinajstić information content (AvgIpc) is 3.40. The zero-order chi connectivity index (χ0) is 53.8. The molecule has 0 spiro atoms. The average molecular weight is 1050 g/mol. The first-order chi connectivity index (χ1) is 36.2. The van der Waals surface area contributed by atoms with Crippen LogP contribution in [-0.2, 0) is 31.1 Å². The summed E-state index contributed by atoms with van der Waals surface area (Å²) in [6.07, 6.45) is 6.21. The third-order valence-corrected chi connectivity index (χ3v) is 14.8. The van der Waals surface area contributed by atoms with Crippen LogP contribution in [0.3, 0.4) is 0 Å². The Bertz CT molecular complexity index is 3800. The van der Waals surface area contributed by atoms with Crippen LogP contribution in [0.1, 0.15) is 63.8 Å². The molecule has 14 heteroatoms. The van der Waals surface area contributed by atoms with Crippen molar-refractivity contribution in [1.29, 1.82) is 0 Å². The number of hydrogen-bond donors (Lipinski definition) is 0. The van der Waals surface area contributed by atoms with Crippen LogP contribution < -0.4 is 8.37 Å². The summed E-state index contributed by atoms with van der Waals surface area (Å²) in [5, 5.41) is 1.42. The monoisotopic (exact) mass is 1050 g/mol. The molecule has 0 atom stereocenters. The summed E-state index contributed by atoms with van der Waals surface area (Å²) in [5.41, 5.74) is 5.70. The van der Waals surface area contributed by atoms with Crippen LogP contribution >= 0.6 is 0 Å². The number of para-hydroxylation sites is 8. The quantitative estimate of drug-likeness (QED) is 0.145. The van der Waals surface area contributed by atoms with Gasteiger partial charge in [-0.1, -0.05) is 125 Å². The Kier molecular flexibility index (Phi) is 14.8. The van der Waals surface area contributed by atoms with E-state index in [1.165, 1.54) is 24.3 Å². The minimum Gasteiger partial charge on any atom is -0.453 e. The van der Waals surface area contributed by atoms with Crippen LogP contribution in [0.15, 0.2) is 213 Å². The molecule has 0 aliphatic heterocycles. The maximum absolute atomic E-state index is 14.2. The normalized spacial score (nSPS) is 11.9. The minimum atomic E-state index is -4.40. The van der Waals surface area contributed by atoms with Gasteiger partial charge in [-0.05, 0) is 133 Å². The van der Waals surface area contributed by atoms with Crippen LogP contribution in [0.5, 0.6) is 11.5 Å². The highest BCUT2D eigenvalue weighted by Gasteiger charge is 2.24. The number of rotatable bonds is 6. The molecule has 0 unspecified atom stereocenters. The molecule has 0 saturated heterocycles. The Morgan fingerprint density at radius 3 is 0.868 bits per heavy atom. The predicted octanol–water partition coefficient (Wildman–Crippen LogP) is 15.2. The molecule has 9 aromatic rings. The van der Waals surface area contributed by atoms with Crippen LogP contribution in [0, 0.1) is 13.8 Å². The largest absolute Gasteiger partial charge is 0.453 e. The molecule has 0 N–H and O–H groups in total. The summed E-state index contributed by atoms with van der Waals surface area (Å²) >= 11 is 0. The van der Waals surface area contributed by atoms with Gasteiger partial charge in [0, 0.05) is 46.3 Å². The van der Waals surface area contributed by atoms with Crippen LogP contribution in [0.25, 0.3) is 65.9 Å². The molecule has 76 heavy (non-hydrogen) atoms. The third-order valence-electron chi connectivity index (χ3n) is 12.3. The lowest BCUT2D eigenvalue weighted by Gasteiger charge is -2.20. The Balaban J connectivity index is 1.44. The van der Waals surface area contributed by atoms with Crippen molar-refractivity contribution in [2.75, 3.05) is 0 Å². The lowest BCUT2D eigenvalue weighted by molar-refractivity contribution is 0.488. The molecule has 8 aromatic carbocycles. The van der Waals surface area contributed by atoms with Gasteiger partial charge in [-0.2, -0.15) is 16.8 Å². The van der Waals surface area contributed by atoms with E-state index in [1.807, 2.05) is 86.6 Å². The zero-order valence-electron chi connectivity index (χ0n) is 43.3. The number of aryl methyl sites for hydroxylation is 2. The summed E-state index contributed by atoms with van der Waals surface area (Å²) in [5.74, 6) is -0.000858. The molecule has 0 radical (unpaired) electrons. The van der Waals surface area contributed by atoms with Gasteiger partial charge in [0.2, 0.25) is 0 Å². The first-order valence-corrected chi connectivity index (χ1v) is 27.3. The molecule has 12 nitrogen and oxygen atoms in total. The molecule has 4 bridgehead atoms. The fraction of sp³-hybridized carbons (Fsp3) is 0.161. The van der Waals surface area contributed by atoms with E-state index in [9.17, 15) is 16.8 Å². The van der Waals surface area contributed by atoms with Gasteiger partial charge in [0.1, 0.15) is 31.9 Å². The van der Waals surface area contributed by atoms with Crippen molar-refractivity contribution in [3.05, 3.63) is 217 Å². The first kappa shape index (κ1) is 52.4. The van der Waals surface area contributed by atoms with E-state index in [4.69, 9.17) is 37.1 Å². The summed E-state index contributed by atoms with van der Waals surface area (Å²) in [7, 11) is -8.79. The second kappa shape index (κ2) is 21.4. The lowest BCUT2D eigenvalue weighted by Crippen LogP contribution is -2.13. The fourth-order valence-electron chi connectivity index (χ4n) is 7.91. The van der Waals surface area contributed by atoms with Crippen LogP contribution in [0.4, 0.5) is 0 Å². The third kappa shape index (κ3) is 12.2. The highest BCUT2D eigenvalue weighted by Crippen LogP contribution is 2.37. The number of fused-ring (bicyclic) bond motifs is 8. The molecule has 0 fully saturated rings. The second-order valence-electron chi connectivity index (χ2n) is 20.3. The number of benzene rings is 8. The van der Waals surface area contributed by atoms with Crippen LogP contribution in [0.2, 0.25) is 0 Å². The maximum atomic E-state index is 14.2. The van der Waals surface area contributed by atoms with E-state index in [2.05, 4.69) is 41.5 Å². The number of aromatic nitrogens is 4. The van der Waals surface area contributed by atoms with Gasteiger partial charge < -0.3 is 17.2 Å². The van der Waals surface area contributed by atoms with Crippen molar-refractivity contribution in [1.82, 2.24) is 19.9 Å². The van der Waals surface area contributed by atoms with Gasteiger partial charge in [-0.15, -0.1) is 0 Å². The van der Waals surface area contributed by atoms with E-state index in [-0.39, 0.29) is 21.3 Å². The fourth-order valence-corrected chi connectivity index (χ4v) is 9.87. The van der Waals surface area contributed by atoms with Gasteiger partial charge in [0.25, 0.3) is 0 Å². The SMILES string of the molecule is Cc1ccc(S(=O)(=O)Oc2c3cnc4ccccc4oc4ccccc4ncc4cc(C(C)(C)C)cc(cnc5ccccc5oc5ccccc5ncc2cc(C(C)(C)C)c3)c4OS(=O)(=O)c2ccc(C)cc2)cc1. The van der Waals surface area contributed by atoms with E-state index >= 15 is 0 Å². The van der Waals surface area contributed by atoms with E-state index in [1.54, 1.807) is 97.6 Å². The van der Waals surface area contributed by atoms with Crippen molar-refractivity contribution in [2.24, 2.45) is 0 Å². The lowest BCUT2D eigenvalue weighted by atomic mass is 9.86. The Morgan fingerprint density at radius 2 is 0.618 bits per heavy atom. The topological polar surface area (TPSA) is 165 Å². The molecule has 0 saturated carbocycles.